The van der Waals surface area contributed by atoms with Gasteiger partial charge >= 0.3 is 0 Å². The fraction of sp³-hybridized carbons (Fsp3) is 0.462. The van der Waals surface area contributed by atoms with Gasteiger partial charge in [0, 0.05) is 32.1 Å². The smallest absolute Gasteiger partial charge is 0.119 e. The number of fused-ring (bicyclic) bond motifs is 1. The van der Waals surface area contributed by atoms with Crippen molar-refractivity contribution >= 4 is 27.4 Å². The van der Waals surface area contributed by atoms with Gasteiger partial charge in [0.05, 0.1) is 18.2 Å². The minimum atomic E-state index is 0.268. The molecule has 1 aliphatic rings. The van der Waals surface area contributed by atoms with Crippen LogP contribution < -0.4 is 10.2 Å². The zero-order chi connectivity index (χ0) is 12.4. The fourth-order valence-corrected chi connectivity index (χ4v) is 3.11. The number of hydrogen-bond donors (Lipinski definition) is 1. The van der Waals surface area contributed by atoms with Crippen molar-refractivity contribution in [1.29, 1.82) is 0 Å². The molecular weight excluding hydrogens is 246 g/mol. The molecule has 1 unspecified atom stereocenters. The number of benzene rings is 1. The first-order valence-electron chi connectivity index (χ1n) is 6.22. The SMILES string of the molecule is CN(CC1CNCCO1)c1snc2ccccc12. The first kappa shape index (κ1) is 11.9. The molecule has 3 rings (SSSR count). The van der Waals surface area contributed by atoms with Crippen molar-refractivity contribution in [2.24, 2.45) is 0 Å². The van der Waals surface area contributed by atoms with E-state index in [2.05, 4.69) is 39.8 Å². The zero-order valence-electron chi connectivity index (χ0n) is 10.4. The van der Waals surface area contributed by atoms with E-state index in [0.717, 1.165) is 31.8 Å². The Morgan fingerprint density at radius 2 is 2.39 bits per heavy atom. The summed E-state index contributed by atoms with van der Waals surface area (Å²) in [5, 5.41) is 5.81. The molecule has 0 saturated carbocycles. The van der Waals surface area contributed by atoms with Crippen LogP contribution in [0.1, 0.15) is 0 Å². The number of anilines is 1. The van der Waals surface area contributed by atoms with E-state index >= 15 is 0 Å². The molecule has 0 radical (unpaired) electrons. The highest BCUT2D eigenvalue weighted by Gasteiger charge is 2.18. The van der Waals surface area contributed by atoms with Crippen molar-refractivity contribution in [1.82, 2.24) is 9.69 Å². The van der Waals surface area contributed by atoms with E-state index in [-0.39, 0.29) is 6.10 Å². The maximum atomic E-state index is 5.74. The number of ether oxygens (including phenoxy) is 1. The molecule has 0 bridgehead atoms. The molecule has 5 heteroatoms. The molecule has 4 nitrogen and oxygen atoms in total. The molecule has 18 heavy (non-hydrogen) atoms. The van der Waals surface area contributed by atoms with Crippen molar-refractivity contribution in [2.45, 2.75) is 6.10 Å². The first-order chi connectivity index (χ1) is 8.84. The van der Waals surface area contributed by atoms with Crippen LogP contribution >= 0.6 is 11.5 Å². The Hall–Kier alpha value is -1.17. The molecule has 1 atom stereocenters. The van der Waals surface area contributed by atoms with Crippen LogP contribution in [0.3, 0.4) is 0 Å². The lowest BCUT2D eigenvalue weighted by Gasteiger charge is -2.28. The van der Waals surface area contributed by atoms with Gasteiger partial charge in [-0.1, -0.05) is 12.1 Å². The molecule has 0 spiro atoms. The summed E-state index contributed by atoms with van der Waals surface area (Å²) in [7, 11) is 2.11. The third-order valence-corrected chi connectivity index (χ3v) is 4.19. The van der Waals surface area contributed by atoms with Gasteiger partial charge in [0.25, 0.3) is 0 Å². The van der Waals surface area contributed by atoms with E-state index in [1.807, 2.05) is 6.07 Å². The lowest BCUT2D eigenvalue weighted by atomic mass is 10.2. The molecule has 1 N–H and O–H groups in total. The second-order valence-corrected chi connectivity index (χ2v) is 5.33. The molecule has 1 saturated heterocycles. The second-order valence-electron chi connectivity index (χ2n) is 4.58. The number of hydrogen-bond acceptors (Lipinski definition) is 5. The fourth-order valence-electron chi connectivity index (χ4n) is 2.28. The zero-order valence-corrected chi connectivity index (χ0v) is 11.2. The van der Waals surface area contributed by atoms with E-state index in [0.29, 0.717) is 0 Å². The van der Waals surface area contributed by atoms with Gasteiger partial charge in [0.2, 0.25) is 0 Å². The first-order valence-corrected chi connectivity index (χ1v) is 7.00. The van der Waals surface area contributed by atoms with Crippen molar-refractivity contribution in [2.75, 3.05) is 38.2 Å². The Bertz CT molecular complexity index is 522. The Morgan fingerprint density at radius 3 is 3.22 bits per heavy atom. The predicted octanol–water partition coefficient (Wildman–Crippen LogP) is 1.72. The van der Waals surface area contributed by atoms with Gasteiger partial charge in [-0.05, 0) is 23.7 Å². The summed E-state index contributed by atoms with van der Waals surface area (Å²) in [6.07, 6.45) is 0.268. The minimum Gasteiger partial charge on any atom is -0.374 e. The maximum Gasteiger partial charge on any atom is 0.119 e. The van der Waals surface area contributed by atoms with Gasteiger partial charge in [-0.3, -0.25) is 0 Å². The summed E-state index contributed by atoms with van der Waals surface area (Å²) in [6, 6.07) is 8.28. The minimum absolute atomic E-state index is 0.268. The second kappa shape index (κ2) is 5.22. The number of likely N-dealkylation sites (N-methyl/N-ethyl adjacent to an activating group) is 1. The van der Waals surface area contributed by atoms with Crippen LogP contribution in [-0.2, 0) is 4.74 Å². The maximum absolute atomic E-state index is 5.74. The van der Waals surface area contributed by atoms with E-state index < -0.39 is 0 Å². The number of aromatic nitrogens is 1. The predicted molar refractivity (Wildman–Crippen MR) is 75.5 cm³/mol. The van der Waals surface area contributed by atoms with Crippen molar-refractivity contribution in [3.8, 4) is 0 Å². The van der Waals surface area contributed by atoms with Gasteiger partial charge in [-0.15, -0.1) is 0 Å². The summed E-state index contributed by atoms with van der Waals surface area (Å²) >= 11 is 1.56. The summed E-state index contributed by atoms with van der Waals surface area (Å²) in [4.78, 5) is 2.25. The Morgan fingerprint density at radius 1 is 1.50 bits per heavy atom. The molecule has 1 aromatic heterocycles. The molecule has 0 aliphatic carbocycles. The van der Waals surface area contributed by atoms with Gasteiger partial charge in [-0.25, -0.2) is 0 Å². The quantitative estimate of drug-likeness (QED) is 0.915. The molecule has 1 aromatic carbocycles. The van der Waals surface area contributed by atoms with Crippen LogP contribution in [0.4, 0.5) is 5.00 Å². The van der Waals surface area contributed by atoms with Gasteiger partial charge in [-0.2, -0.15) is 4.37 Å². The van der Waals surface area contributed by atoms with Crippen molar-refractivity contribution in [3.05, 3.63) is 24.3 Å². The summed E-state index contributed by atoms with van der Waals surface area (Å²) in [5.74, 6) is 0. The van der Waals surface area contributed by atoms with Crippen LogP contribution in [0.15, 0.2) is 24.3 Å². The Balaban J connectivity index is 1.76. The van der Waals surface area contributed by atoms with Crippen LogP contribution in [0.25, 0.3) is 10.9 Å². The number of morpholine rings is 1. The molecule has 2 heterocycles. The summed E-state index contributed by atoms with van der Waals surface area (Å²) in [6.45, 7) is 3.60. The van der Waals surface area contributed by atoms with E-state index in [1.54, 1.807) is 11.5 Å². The van der Waals surface area contributed by atoms with Gasteiger partial charge in [0.15, 0.2) is 0 Å². The van der Waals surface area contributed by atoms with E-state index in [1.165, 1.54) is 10.4 Å². The van der Waals surface area contributed by atoms with Crippen LogP contribution in [0.2, 0.25) is 0 Å². The molecule has 0 amide bonds. The van der Waals surface area contributed by atoms with Crippen molar-refractivity contribution < 1.29 is 4.74 Å². The van der Waals surface area contributed by atoms with E-state index in [4.69, 9.17) is 4.74 Å². The summed E-state index contributed by atoms with van der Waals surface area (Å²) < 4.78 is 10.2. The standard InChI is InChI=1S/C13H17N3OS/c1-16(9-10-8-14-6-7-17-10)13-11-4-2-3-5-12(11)15-18-13/h2-5,10,14H,6-9H2,1H3. The van der Waals surface area contributed by atoms with Gasteiger partial charge in [0.1, 0.15) is 5.00 Å². The lowest BCUT2D eigenvalue weighted by Crippen LogP contribution is -2.44. The largest absolute Gasteiger partial charge is 0.374 e. The molecule has 1 fully saturated rings. The Labute approximate surface area is 111 Å². The highest BCUT2D eigenvalue weighted by molar-refractivity contribution is 7.11. The van der Waals surface area contributed by atoms with Crippen LogP contribution in [-0.4, -0.2) is 43.8 Å². The summed E-state index contributed by atoms with van der Waals surface area (Å²) in [5.41, 5.74) is 1.08. The van der Waals surface area contributed by atoms with E-state index in [9.17, 15) is 0 Å². The topological polar surface area (TPSA) is 37.4 Å². The average molecular weight is 263 g/mol. The Kier molecular flexibility index (Phi) is 3.45. The average Bonchev–Trinajstić information content (AvgIpc) is 2.84. The lowest BCUT2D eigenvalue weighted by molar-refractivity contribution is 0.0341. The molecule has 96 valence electrons. The van der Waals surface area contributed by atoms with Crippen molar-refractivity contribution in [3.63, 3.8) is 0 Å². The molecule has 1 aliphatic heterocycles. The normalized spacial score (nSPS) is 20.2. The third-order valence-electron chi connectivity index (χ3n) is 3.19. The highest BCUT2D eigenvalue weighted by Crippen LogP contribution is 2.30. The number of nitrogens with zero attached hydrogens (tertiary/aromatic N) is 2. The highest BCUT2D eigenvalue weighted by atomic mass is 32.1. The molecular formula is C13H17N3OS. The monoisotopic (exact) mass is 263 g/mol. The number of nitrogens with one attached hydrogen (secondary N) is 1. The van der Waals surface area contributed by atoms with Gasteiger partial charge < -0.3 is 15.0 Å². The third kappa shape index (κ3) is 2.34. The van der Waals surface area contributed by atoms with Crippen LogP contribution in [0.5, 0.6) is 0 Å². The molecule has 2 aromatic rings. The van der Waals surface area contributed by atoms with Crippen LogP contribution in [0, 0.1) is 0 Å². The number of rotatable bonds is 3.